The Morgan fingerprint density at radius 2 is 2.00 bits per heavy atom. The second kappa shape index (κ2) is 8.42. The highest BCUT2D eigenvalue weighted by molar-refractivity contribution is 7.20. The average Bonchev–Trinajstić information content (AvgIpc) is 2.76. The third-order valence-corrected chi connectivity index (χ3v) is 5.78. The first kappa shape index (κ1) is 21.1. The molecular weight excluding hydrogens is 368 g/mol. The van der Waals surface area contributed by atoms with E-state index in [1.54, 1.807) is 20.8 Å². The van der Waals surface area contributed by atoms with E-state index in [-0.39, 0.29) is 21.9 Å². The van der Waals surface area contributed by atoms with Crippen LogP contribution in [0, 0.1) is 0 Å². The van der Waals surface area contributed by atoms with Crippen LogP contribution in [0.25, 0.3) is 0 Å². The fourth-order valence-corrected chi connectivity index (χ4v) is 3.32. The van der Waals surface area contributed by atoms with Gasteiger partial charge in [-0.3, -0.25) is 4.79 Å². The number of hydrogen-bond donors (Lipinski definition) is 0. The number of thiazole rings is 1. The van der Waals surface area contributed by atoms with Gasteiger partial charge in [-0.2, -0.15) is 0 Å². The lowest BCUT2D eigenvalue weighted by Gasteiger charge is -2.26. The maximum Gasteiger partial charge on any atom is 0.418 e. The lowest BCUT2D eigenvalue weighted by Crippen LogP contribution is -2.38. The summed E-state index contributed by atoms with van der Waals surface area (Å²) in [5.74, 6) is 0. The average molecular weight is 393 g/mol. The molecule has 0 spiro atoms. The molecule has 0 aliphatic heterocycles. The van der Waals surface area contributed by atoms with Crippen LogP contribution < -0.4 is 4.90 Å². The summed E-state index contributed by atoms with van der Waals surface area (Å²) in [6.45, 7) is 12.6. The number of aromatic nitrogens is 1. The second-order valence-electron chi connectivity index (χ2n) is 7.53. The van der Waals surface area contributed by atoms with Crippen LogP contribution in [0.15, 0.2) is 0 Å². The van der Waals surface area contributed by atoms with Gasteiger partial charge in [0.1, 0.15) is 22.4 Å². The monoisotopic (exact) mass is 392 g/mol. The molecule has 0 unspecified atom stereocenters. The summed E-state index contributed by atoms with van der Waals surface area (Å²) < 4.78 is 11.3. The van der Waals surface area contributed by atoms with E-state index in [4.69, 9.17) is 21.1 Å². The van der Waals surface area contributed by atoms with Gasteiger partial charge in [0.25, 0.3) is 0 Å². The van der Waals surface area contributed by atoms with Crippen molar-refractivity contribution >= 4 is 48.5 Å². The van der Waals surface area contributed by atoms with E-state index in [1.807, 2.05) is 0 Å². The largest absolute Gasteiger partial charge is 0.443 e. The van der Waals surface area contributed by atoms with E-state index in [9.17, 15) is 9.59 Å². The van der Waals surface area contributed by atoms with Crippen molar-refractivity contribution in [3.63, 3.8) is 0 Å². The Hall–Kier alpha value is -0.963. The first-order valence-electron chi connectivity index (χ1n) is 7.63. The zero-order chi connectivity index (χ0) is 18.5. The zero-order valence-electron chi connectivity index (χ0n) is 15.0. The van der Waals surface area contributed by atoms with Gasteiger partial charge < -0.3 is 9.47 Å². The minimum atomic E-state index is -1.22. The number of carbonyl (C=O) groups excluding carboxylic acids is 2. The van der Waals surface area contributed by atoms with Crippen LogP contribution in [-0.2, 0) is 9.47 Å². The molecule has 1 rings (SSSR count). The van der Waals surface area contributed by atoms with Gasteiger partial charge in [0.05, 0.1) is 0 Å². The van der Waals surface area contributed by atoms with Gasteiger partial charge in [-0.05, 0) is 26.8 Å². The van der Waals surface area contributed by atoms with Gasteiger partial charge >= 0.3 is 6.09 Å². The summed E-state index contributed by atoms with van der Waals surface area (Å²) in [6.07, 6.45) is -0.0276. The van der Waals surface area contributed by atoms with Crippen LogP contribution in [-0.4, -0.2) is 44.4 Å². The van der Waals surface area contributed by atoms with Crippen molar-refractivity contribution in [1.82, 2.24) is 4.98 Å². The van der Waals surface area contributed by atoms with E-state index < -0.39 is 19.8 Å². The summed E-state index contributed by atoms with van der Waals surface area (Å²) in [5.41, 5.74) is -0.547. The molecule has 1 heterocycles. The first-order valence-corrected chi connectivity index (χ1v) is 12.5. The summed E-state index contributed by atoms with van der Waals surface area (Å²) in [4.78, 5) is 28.7. The normalized spacial score (nSPS) is 12.1. The quantitative estimate of drug-likeness (QED) is 0.292. The van der Waals surface area contributed by atoms with Crippen molar-refractivity contribution in [2.24, 2.45) is 0 Å². The highest BCUT2D eigenvalue weighted by Crippen LogP contribution is 2.30. The van der Waals surface area contributed by atoms with E-state index in [0.29, 0.717) is 12.9 Å². The lowest BCUT2D eigenvalue weighted by atomic mass is 10.2. The molecule has 0 aromatic carbocycles. The van der Waals surface area contributed by atoms with Crippen molar-refractivity contribution in [3.8, 4) is 0 Å². The SMILES string of the molecule is CC(C)(C)OC(=O)N(COCC[Si](C)(C)C)c1nc(C=O)c(Cl)s1. The molecule has 1 aromatic rings. The molecule has 0 saturated carbocycles. The van der Waals surface area contributed by atoms with Crippen molar-refractivity contribution in [2.45, 2.75) is 52.1 Å². The van der Waals surface area contributed by atoms with E-state index >= 15 is 0 Å². The fraction of sp³-hybridized carbons (Fsp3) is 0.667. The third kappa shape index (κ3) is 7.29. The standard InChI is InChI=1S/C15H25ClN2O4SSi/c1-15(2,3)22-14(20)18(10-21-7-8-24(4,5)6)13-17-11(9-19)12(16)23-13/h9H,7-8,10H2,1-6H3. The van der Waals surface area contributed by atoms with Crippen LogP contribution in [0.5, 0.6) is 0 Å². The van der Waals surface area contributed by atoms with E-state index in [1.165, 1.54) is 4.90 Å². The molecule has 1 aromatic heterocycles. The summed E-state index contributed by atoms with van der Waals surface area (Å²) in [6, 6.07) is 0.980. The van der Waals surface area contributed by atoms with Crippen molar-refractivity contribution < 1.29 is 19.1 Å². The van der Waals surface area contributed by atoms with Gasteiger partial charge in [0.2, 0.25) is 0 Å². The summed E-state index contributed by atoms with van der Waals surface area (Å²) in [5, 5.41) is 0.282. The summed E-state index contributed by atoms with van der Waals surface area (Å²) >= 11 is 7.00. The van der Waals surface area contributed by atoms with Crippen molar-refractivity contribution in [1.29, 1.82) is 0 Å². The molecular formula is C15H25ClN2O4SSi. The molecule has 0 bridgehead atoms. The highest BCUT2D eigenvalue weighted by Gasteiger charge is 2.27. The number of ether oxygens (including phenoxy) is 2. The van der Waals surface area contributed by atoms with Gasteiger partial charge in [0.15, 0.2) is 11.4 Å². The number of rotatable bonds is 7. The topological polar surface area (TPSA) is 68.7 Å². The van der Waals surface area contributed by atoms with E-state index in [0.717, 1.165) is 17.4 Å². The Balaban J connectivity index is 2.86. The van der Waals surface area contributed by atoms with Crippen LogP contribution in [0.1, 0.15) is 31.3 Å². The second-order valence-corrected chi connectivity index (χ2v) is 14.7. The maximum absolute atomic E-state index is 12.4. The van der Waals surface area contributed by atoms with Crippen LogP contribution in [0.2, 0.25) is 30.0 Å². The number of aldehydes is 1. The van der Waals surface area contributed by atoms with Gasteiger partial charge in [-0.25, -0.2) is 14.7 Å². The Labute approximate surface area is 153 Å². The molecule has 0 aliphatic carbocycles. The number of carbonyl (C=O) groups is 2. The van der Waals surface area contributed by atoms with Crippen LogP contribution in [0.3, 0.4) is 0 Å². The minimum Gasteiger partial charge on any atom is -0.443 e. The van der Waals surface area contributed by atoms with Gasteiger partial charge in [0, 0.05) is 14.7 Å². The van der Waals surface area contributed by atoms with E-state index in [2.05, 4.69) is 24.6 Å². The predicted octanol–water partition coefficient (Wildman–Crippen LogP) is 4.66. The molecule has 6 nitrogen and oxygen atoms in total. The molecule has 0 aliphatic rings. The molecule has 1 amide bonds. The molecule has 136 valence electrons. The molecule has 24 heavy (non-hydrogen) atoms. The predicted molar refractivity (Wildman–Crippen MR) is 100 cm³/mol. The highest BCUT2D eigenvalue weighted by atomic mass is 35.5. The number of anilines is 1. The first-order chi connectivity index (χ1) is 10.9. The minimum absolute atomic E-state index is 0.00152. The summed E-state index contributed by atoms with van der Waals surface area (Å²) in [7, 11) is -1.22. The Bertz CT molecular complexity index is 581. The number of hydrogen-bond acceptors (Lipinski definition) is 6. The van der Waals surface area contributed by atoms with Gasteiger partial charge in [-0.15, -0.1) is 0 Å². The van der Waals surface area contributed by atoms with Crippen LogP contribution >= 0.6 is 22.9 Å². The Morgan fingerprint density at radius 1 is 1.38 bits per heavy atom. The Kier molecular flexibility index (Phi) is 7.39. The molecule has 0 radical (unpaired) electrons. The number of amides is 1. The molecule has 0 fully saturated rings. The molecule has 9 heteroatoms. The Morgan fingerprint density at radius 3 is 2.46 bits per heavy atom. The number of nitrogens with zero attached hydrogens (tertiary/aromatic N) is 2. The molecule has 0 saturated heterocycles. The van der Waals surface area contributed by atoms with Crippen molar-refractivity contribution in [2.75, 3.05) is 18.2 Å². The molecule has 0 N–H and O–H groups in total. The third-order valence-electron chi connectivity index (χ3n) is 2.77. The van der Waals surface area contributed by atoms with Gasteiger partial charge in [-0.1, -0.05) is 42.6 Å². The smallest absolute Gasteiger partial charge is 0.418 e. The number of halogens is 1. The van der Waals surface area contributed by atoms with Crippen LogP contribution in [0.4, 0.5) is 9.93 Å². The lowest BCUT2D eigenvalue weighted by molar-refractivity contribution is 0.0499. The maximum atomic E-state index is 12.4. The zero-order valence-corrected chi connectivity index (χ0v) is 17.6. The van der Waals surface area contributed by atoms with Crippen molar-refractivity contribution in [3.05, 3.63) is 10.0 Å². The molecule has 0 atom stereocenters. The fourth-order valence-electron chi connectivity index (χ4n) is 1.53.